The number of carbonyl (C=O) groups excluding carboxylic acids is 1. The average molecular weight is 314 g/mol. The number of nitrogens with one attached hydrogen (secondary N) is 1. The number of hydrogen-bond donors (Lipinski definition) is 2. The SMILES string of the molecule is CC(C(=O)NC(C)(C)C)N(C)CC(O)CN1CCN(C)CC1. The van der Waals surface area contributed by atoms with E-state index in [9.17, 15) is 9.90 Å². The van der Waals surface area contributed by atoms with Crippen LogP contribution in [0.15, 0.2) is 0 Å². The number of hydrogen-bond acceptors (Lipinski definition) is 5. The Kier molecular flexibility index (Phi) is 7.25. The van der Waals surface area contributed by atoms with Crippen molar-refractivity contribution in [3.8, 4) is 0 Å². The number of aliphatic hydroxyl groups is 1. The first-order valence-electron chi connectivity index (χ1n) is 8.19. The van der Waals surface area contributed by atoms with Crippen LogP contribution in [0.1, 0.15) is 27.7 Å². The van der Waals surface area contributed by atoms with Gasteiger partial charge in [0.25, 0.3) is 0 Å². The van der Waals surface area contributed by atoms with E-state index in [0.717, 1.165) is 26.2 Å². The van der Waals surface area contributed by atoms with Crippen LogP contribution in [0.5, 0.6) is 0 Å². The number of β-amino-alcohol motifs (C(OH)–C–C–N with tert-alkyl or cyclic N) is 1. The van der Waals surface area contributed by atoms with Crippen molar-refractivity contribution in [1.29, 1.82) is 0 Å². The summed E-state index contributed by atoms with van der Waals surface area (Å²) in [6, 6.07) is -0.249. The fourth-order valence-electron chi connectivity index (χ4n) is 2.55. The molecule has 1 rings (SSSR count). The van der Waals surface area contributed by atoms with E-state index in [0.29, 0.717) is 13.1 Å². The van der Waals surface area contributed by atoms with Gasteiger partial charge in [-0.3, -0.25) is 14.6 Å². The molecule has 2 unspecified atom stereocenters. The van der Waals surface area contributed by atoms with Gasteiger partial charge in [-0.05, 0) is 41.8 Å². The van der Waals surface area contributed by atoms with E-state index in [2.05, 4.69) is 22.2 Å². The topological polar surface area (TPSA) is 59.1 Å². The van der Waals surface area contributed by atoms with Crippen LogP contribution in [0.4, 0.5) is 0 Å². The van der Waals surface area contributed by atoms with Crippen LogP contribution in [0.3, 0.4) is 0 Å². The Morgan fingerprint density at radius 3 is 2.32 bits per heavy atom. The molecule has 0 saturated carbocycles. The van der Waals surface area contributed by atoms with Gasteiger partial charge in [-0.2, -0.15) is 0 Å². The summed E-state index contributed by atoms with van der Waals surface area (Å²) in [5, 5.41) is 13.3. The molecule has 0 aliphatic carbocycles. The van der Waals surface area contributed by atoms with Gasteiger partial charge in [0.05, 0.1) is 12.1 Å². The first-order valence-corrected chi connectivity index (χ1v) is 8.19. The molecule has 6 heteroatoms. The molecule has 6 nitrogen and oxygen atoms in total. The minimum absolute atomic E-state index is 0.00166. The van der Waals surface area contributed by atoms with Crippen molar-refractivity contribution in [2.45, 2.75) is 45.4 Å². The molecule has 0 spiro atoms. The number of aliphatic hydroxyl groups excluding tert-OH is 1. The summed E-state index contributed by atoms with van der Waals surface area (Å²) in [6.45, 7) is 13.1. The molecule has 0 radical (unpaired) electrons. The van der Waals surface area contributed by atoms with Crippen molar-refractivity contribution in [1.82, 2.24) is 20.0 Å². The van der Waals surface area contributed by atoms with Crippen LogP contribution in [-0.4, -0.2) is 96.8 Å². The largest absolute Gasteiger partial charge is 0.390 e. The highest BCUT2D eigenvalue weighted by molar-refractivity contribution is 5.81. The number of piperazine rings is 1. The lowest BCUT2D eigenvalue weighted by Gasteiger charge is -2.35. The minimum atomic E-state index is -0.432. The van der Waals surface area contributed by atoms with Crippen LogP contribution < -0.4 is 5.32 Å². The Bertz CT molecular complexity index is 349. The highest BCUT2D eigenvalue weighted by Crippen LogP contribution is 2.05. The lowest BCUT2D eigenvalue weighted by Crippen LogP contribution is -2.53. The summed E-state index contributed by atoms with van der Waals surface area (Å²) in [5.74, 6) is 0.00166. The third-order valence-electron chi connectivity index (χ3n) is 4.10. The Morgan fingerprint density at radius 1 is 1.27 bits per heavy atom. The molecule has 2 N–H and O–H groups in total. The van der Waals surface area contributed by atoms with E-state index in [-0.39, 0.29) is 17.5 Å². The van der Waals surface area contributed by atoms with Gasteiger partial charge in [-0.1, -0.05) is 0 Å². The molecule has 0 aromatic heterocycles. The summed E-state index contributed by atoms with van der Waals surface area (Å²) in [7, 11) is 4.01. The number of carbonyl (C=O) groups is 1. The number of likely N-dealkylation sites (N-methyl/N-ethyl adjacent to an activating group) is 2. The highest BCUT2D eigenvalue weighted by Gasteiger charge is 2.24. The Balaban J connectivity index is 2.36. The van der Waals surface area contributed by atoms with Crippen molar-refractivity contribution in [2.75, 3.05) is 53.4 Å². The van der Waals surface area contributed by atoms with E-state index < -0.39 is 6.10 Å². The van der Waals surface area contributed by atoms with Crippen LogP contribution in [-0.2, 0) is 4.79 Å². The molecule has 130 valence electrons. The maximum absolute atomic E-state index is 12.2. The Labute approximate surface area is 135 Å². The maximum atomic E-state index is 12.2. The Hall–Kier alpha value is -0.690. The van der Waals surface area contributed by atoms with E-state index in [1.165, 1.54) is 0 Å². The average Bonchev–Trinajstić information content (AvgIpc) is 2.38. The quantitative estimate of drug-likeness (QED) is 0.713. The zero-order valence-electron chi connectivity index (χ0n) is 15.1. The molecule has 0 aromatic rings. The lowest BCUT2D eigenvalue weighted by molar-refractivity contribution is -0.127. The molecular weight excluding hydrogens is 280 g/mol. The van der Waals surface area contributed by atoms with E-state index in [1.807, 2.05) is 39.6 Å². The van der Waals surface area contributed by atoms with Gasteiger partial charge in [0.1, 0.15) is 0 Å². The monoisotopic (exact) mass is 314 g/mol. The molecule has 0 aromatic carbocycles. The van der Waals surface area contributed by atoms with Gasteiger partial charge in [0.15, 0.2) is 0 Å². The predicted molar refractivity (Wildman–Crippen MR) is 89.9 cm³/mol. The zero-order chi connectivity index (χ0) is 16.9. The van der Waals surface area contributed by atoms with Crippen molar-refractivity contribution >= 4 is 5.91 Å². The van der Waals surface area contributed by atoms with Gasteiger partial charge < -0.3 is 15.3 Å². The number of nitrogens with zero attached hydrogens (tertiary/aromatic N) is 3. The second-order valence-corrected chi connectivity index (χ2v) is 7.61. The summed E-state index contributed by atoms with van der Waals surface area (Å²) >= 11 is 0. The molecule has 1 saturated heterocycles. The van der Waals surface area contributed by atoms with Crippen molar-refractivity contribution in [3.05, 3.63) is 0 Å². The van der Waals surface area contributed by atoms with Crippen LogP contribution >= 0.6 is 0 Å². The van der Waals surface area contributed by atoms with Crippen molar-refractivity contribution < 1.29 is 9.90 Å². The maximum Gasteiger partial charge on any atom is 0.237 e. The molecule has 1 fully saturated rings. The van der Waals surface area contributed by atoms with Crippen LogP contribution in [0.2, 0.25) is 0 Å². The van der Waals surface area contributed by atoms with Gasteiger partial charge >= 0.3 is 0 Å². The summed E-state index contributed by atoms with van der Waals surface area (Å²) in [5.41, 5.74) is -0.232. The first-order chi connectivity index (χ1) is 10.1. The third-order valence-corrected chi connectivity index (χ3v) is 4.10. The van der Waals surface area contributed by atoms with E-state index in [4.69, 9.17) is 0 Å². The summed E-state index contributed by atoms with van der Waals surface area (Å²) in [6.07, 6.45) is -0.432. The molecule has 1 aliphatic rings. The Morgan fingerprint density at radius 2 is 1.82 bits per heavy atom. The third kappa shape index (κ3) is 7.05. The van der Waals surface area contributed by atoms with Gasteiger partial charge in [0.2, 0.25) is 5.91 Å². The normalized spacial score (nSPS) is 20.9. The fraction of sp³-hybridized carbons (Fsp3) is 0.938. The van der Waals surface area contributed by atoms with E-state index in [1.54, 1.807) is 0 Å². The molecule has 2 atom stereocenters. The fourth-order valence-corrected chi connectivity index (χ4v) is 2.55. The predicted octanol–water partition coefficient (Wildman–Crippen LogP) is -0.170. The standard InChI is InChI=1S/C16H34N4O2/c1-13(15(22)17-16(2,3)4)19(6)11-14(21)12-20-9-7-18(5)8-10-20/h13-14,21H,7-12H2,1-6H3,(H,17,22). The molecule has 1 aliphatic heterocycles. The molecule has 1 heterocycles. The van der Waals surface area contributed by atoms with Gasteiger partial charge in [-0.25, -0.2) is 0 Å². The number of rotatable bonds is 6. The van der Waals surface area contributed by atoms with Crippen molar-refractivity contribution in [3.63, 3.8) is 0 Å². The summed E-state index contributed by atoms with van der Waals surface area (Å²) in [4.78, 5) is 18.7. The van der Waals surface area contributed by atoms with Crippen LogP contribution in [0, 0.1) is 0 Å². The zero-order valence-corrected chi connectivity index (χ0v) is 15.1. The number of amides is 1. The van der Waals surface area contributed by atoms with Crippen LogP contribution in [0.25, 0.3) is 0 Å². The minimum Gasteiger partial charge on any atom is -0.390 e. The van der Waals surface area contributed by atoms with Crippen molar-refractivity contribution in [2.24, 2.45) is 0 Å². The molecule has 22 heavy (non-hydrogen) atoms. The molecule has 0 bridgehead atoms. The summed E-state index contributed by atoms with van der Waals surface area (Å²) < 4.78 is 0. The van der Waals surface area contributed by atoms with Gasteiger partial charge in [-0.15, -0.1) is 0 Å². The molecular formula is C16H34N4O2. The molecule has 1 amide bonds. The van der Waals surface area contributed by atoms with Gasteiger partial charge in [0, 0.05) is 44.8 Å². The smallest absolute Gasteiger partial charge is 0.237 e. The second kappa shape index (κ2) is 8.24. The first kappa shape index (κ1) is 19.4. The lowest BCUT2D eigenvalue weighted by atomic mass is 10.1. The van der Waals surface area contributed by atoms with E-state index >= 15 is 0 Å². The highest BCUT2D eigenvalue weighted by atomic mass is 16.3. The second-order valence-electron chi connectivity index (χ2n) is 7.61.